The van der Waals surface area contributed by atoms with Crippen LogP contribution in [0.3, 0.4) is 0 Å². The molecule has 0 heterocycles. The average molecular weight is 162 g/mol. The Morgan fingerprint density at radius 3 is 1.91 bits per heavy atom. The fraction of sp³-hybridized carbons (Fsp3) is 0. The Kier molecular flexibility index (Phi) is 2.21. The van der Waals surface area contributed by atoms with E-state index in [1.807, 2.05) is 0 Å². The van der Waals surface area contributed by atoms with Gasteiger partial charge in [0.05, 0.1) is 0 Å². The summed E-state index contributed by atoms with van der Waals surface area (Å²) in [5.41, 5.74) is -0.192. The second-order valence-corrected chi connectivity index (χ2v) is 2.08. The third kappa shape index (κ3) is 1.99. The lowest BCUT2D eigenvalue weighted by atomic mass is 9.80. The molecule has 0 atom stereocenters. The number of halogens is 2. The predicted octanol–water partition coefficient (Wildman–Crippen LogP) is 0.137. The first-order valence-corrected chi connectivity index (χ1v) is 2.92. The molecule has 0 spiro atoms. The maximum Gasteiger partial charge on any atom is 0.488 e. The molecule has 0 aliphatic rings. The molecular weight excluding hydrogens is 153 g/mol. The van der Waals surface area contributed by atoms with Crippen molar-refractivity contribution in [1.29, 1.82) is 0 Å². The Morgan fingerprint density at radius 1 is 1.09 bits per heavy atom. The van der Waals surface area contributed by atoms with E-state index in [-0.39, 0.29) is 8.32 Å². The van der Waals surface area contributed by atoms with Gasteiger partial charge in [-0.25, -0.2) is 8.78 Å². The van der Waals surface area contributed by atoms with Crippen molar-refractivity contribution < 1.29 is 21.7 Å². The summed E-state index contributed by atoms with van der Waals surface area (Å²) in [5.74, 6) is -1.65. The Labute approximate surface area is 65.2 Å². The van der Waals surface area contributed by atoms with Crippen LogP contribution >= 0.6 is 0 Å². The van der Waals surface area contributed by atoms with Crippen molar-refractivity contribution in [3.05, 3.63) is 29.8 Å². The Morgan fingerprint density at radius 2 is 1.55 bits per heavy atom. The number of benzene rings is 1. The molecule has 0 amide bonds. The summed E-state index contributed by atoms with van der Waals surface area (Å²) in [6.45, 7) is 0. The summed E-state index contributed by atoms with van der Waals surface area (Å²) in [7, 11) is -1.83. The summed E-state index contributed by atoms with van der Waals surface area (Å²) in [4.78, 5) is 0. The highest BCUT2D eigenvalue weighted by Gasteiger charge is 2.12. The summed E-state index contributed by atoms with van der Waals surface area (Å²) in [6, 6.07) is 2.37. The van der Waals surface area contributed by atoms with E-state index >= 15 is 0 Å². The van der Waals surface area contributed by atoms with E-state index < -0.39 is 18.8 Å². The van der Waals surface area contributed by atoms with Crippen LogP contribution in [0.25, 0.3) is 0 Å². The van der Waals surface area contributed by atoms with Crippen molar-refractivity contribution in [3.8, 4) is 0 Å². The molecular formula is C6H9BF2O2. The van der Waals surface area contributed by atoms with Gasteiger partial charge in [-0.3, -0.25) is 0 Å². The molecule has 0 bridgehead atoms. The molecule has 62 valence electrons. The highest BCUT2D eigenvalue weighted by Crippen LogP contribution is 1.99. The first-order chi connectivity index (χ1) is 5.09. The molecule has 0 aliphatic heterocycles. The number of hydrogen-bond acceptors (Lipinski definition) is 2. The van der Waals surface area contributed by atoms with Crippen LogP contribution in [0, 0.1) is 11.6 Å². The van der Waals surface area contributed by atoms with Crippen LogP contribution in [0.2, 0.25) is 0 Å². The summed E-state index contributed by atoms with van der Waals surface area (Å²) >= 11 is 0. The van der Waals surface area contributed by atoms with Crippen molar-refractivity contribution in [1.82, 2.24) is 0 Å². The van der Waals surface area contributed by atoms with Gasteiger partial charge in [0.15, 0.2) is 0 Å². The van der Waals surface area contributed by atoms with Gasteiger partial charge in [0.2, 0.25) is 0 Å². The topological polar surface area (TPSA) is 40.5 Å². The van der Waals surface area contributed by atoms with Gasteiger partial charge >= 0.3 is 7.12 Å². The molecule has 2 nitrogen and oxygen atoms in total. The van der Waals surface area contributed by atoms with Gasteiger partial charge in [0.25, 0.3) is 0 Å². The van der Waals surface area contributed by atoms with E-state index in [1.165, 1.54) is 0 Å². The standard InChI is InChI=1S/C6H5BF2O2.2H2/c8-5-1-4(7(10)11)2-6(9)3-5;;/h1-3,10-11H;2*1H. The van der Waals surface area contributed by atoms with Gasteiger partial charge in [0.1, 0.15) is 11.6 Å². The number of rotatable bonds is 1. The maximum absolute atomic E-state index is 12.3. The monoisotopic (exact) mass is 162 g/mol. The molecule has 0 unspecified atom stereocenters. The first-order valence-electron chi connectivity index (χ1n) is 2.92. The smallest absolute Gasteiger partial charge is 0.423 e. The van der Waals surface area contributed by atoms with Crippen molar-refractivity contribution in [2.45, 2.75) is 0 Å². The fourth-order valence-electron chi connectivity index (χ4n) is 0.724. The van der Waals surface area contributed by atoms with Gasteiger partial charge in [-0.1, -0.05) is 0 Å². The SMILES string of the molecule is OB(O)c1cc(F)cc(F)c1.[HH].[HH]. The van der Waals surface area contributed by atoms with Crippen LogP contribution in [0.4, 0.5) is 8.78 Å². The van der Waals surface area contributed by atoms with Gasteiger partial charge in [-0.05, 0) is 17.6 Å². The van der Waals surface area contributed by atoms with Crippen molar-refractivity contribution in [3.63, 3.8) is 0 Å². The van der Waals surface area contributed by atoms with Crippen LogP contribution in [-0.2, 0) is 0 Å². The van der Waals surface area contributed by atoms with Crippen molar-refractivity contribution in [2.24, 2.45) is 0 Å². The molecule has 0 aliphatic carbocycles. The van der Waals surface area contributed by atoms with E-state index in [2.05, 4.69) is 0 Å². The lowest BCUT2D eigenvalue weighted by Gasteiger charge is -1.98. The average Bonchev–Trinajstić information content (AvgIpc) is 1.85. The van der Waals surface area contributed by atoms with E-state index in [9.17, 15) is 8.78 Å². The van der Waals surface area contributed by atoms with E-state index in [4.69, 9.17) is 10.0 Å². The lowest BCUT2D eigenvalue weighted by Crippen LogP contribution is -2.30. The molecule has 0 saturated heterocycles. The summed E-state index contributed by atoms with van der Waals surface area (Å²) in [6.07, 6.45) is 0. The third-order valence-corrected chi connectivity index (χ3v) is 1.18. The highest BCUT2D eigenvalue weighted by molar-refractivity contribution is 6.58. The summed E-state index contributed by atoms with van der Waals surface area (Å²) in [5, 5.41) is 17.0. The second-order valence-electron chi connectivity index (χ2n) is 2.08. The Balaban J connectivity index is 0. The normalized spacial score (nSPS) is 9.82. The molecule has 1 aromatic carbocycles. The molecule has 0 aromatic heterocycles. The molecule has 0 radical (unpaired) electrons. The second kappa shape index (κ2) is 2.98. The fourth-order valence-corrected chi connectivity index (χ4v) is 0.724. The molecule has 0 fully saturated rings. The van der Waals surface area contributed by atoms with Gasteiger partial charge in [-0.15, -0.1) is 0 Å². The van der Waals surface area contributed by atoms with E-state index in [0.29, 0.717) is 6.07 Å². The van der Waals surface area contributed by atoms with Gasteiger partial charge in [-0.2, -0.15) is 0 Å². The molecule has 2 N–H and O–H groups in total. The molecule has 1 rings (SSSR count). The molecule has 11 heavy (non-hydrogen) atoms. The maximum atomic E-state index is 12.3. The zero-order valence-corrected chi connectivity index (χ0v) is 5.46. The lowest BCUT2D eigenvalue weighted by molar-refractivity contribution is 0.425. The highest BCUT2D eigenvalue weighted by atomic mass is 19.1. The third-order valence-electron chi connectivity index (χ3n) is 1.18. The van der Waals surface area contributed by atoms with Crippen LogP contribution < -0.4 is 5.46 Å². The zero-order valence-electron chi connectivity index (χ0n) is 5.46. The quantitative estimate of drug-likeness (QED) is 0.576. The molecule has 0 saturated carbocycles. The van der Waals surface area contributed by atoms with Crippen molar-refractivity contribution in [2.75, 3.05) is 0 Å². The van der Waals surface area contributed by atoms with E-state index in [1.54, 1.807) is 0 Å². The minimum Gasteiger partial charge on any atom is -0.423 e. The van der Waals surface area contributed by atoms with Crippen LogP contribution in [0.15, 0.2) is 18.2 Å². The number of hydrogen-bond donors (Lipinski definition) is 2. The van der Waals surface area contributed by atoms with Gasteiger partial charge in [0, 0.05) is 8.92 Å². The molecule has 1 aromatic rings. The minimum absolute atomic E-state index is 0. The van der Waals surface area contributed by atoms with Crippen LogP contribution in [-0.4, -0.2) is 17.2 Å². The van der Waals surface area contributed by atoms with E-state index in [0.717, 1.165) is 12.1 Å². The Bertz CT molecular complexity index is 253. The van der Waals surface area contributed by atoms with Crippen molar-refractivity contribution >= 4 is 12.6 Å². The molecule has 5 heteroatoms. The van der Waals surface area contributed by atoms with Gasteiger partial charge < -0.3 is 10.0 Å². The largest absolute Gasteiger partial charge is 0.488 e. The first kappa shape index (κ1) is 8.16. The van der Waals surface area contributed by atoms with Crippen LogP contribution in [0.1, 0.15) is 2.85 Å². The van der Waals surface area contributed by atoms with Crippen LogP contribution in [0.5, 0.6) is 0 Å². The predicted molar refractivity (Wildman–Crippen MR) is 40.4 cm³/mol. The minimum atomic E-state index is -1.83. The Hall–Kier alpha value is -0.935. The summed E-state index contributed by atoms with van der Waals surface area (Å²) < 4.78 is 24.7. The zero-order chi connectivity index (χ0) is 8.43.